The fourth-order valence-electron chi connectivity index (χ4n) is 3.21. The molecule has 1 aromatic carbocycles. The largest absolute Gasteiger partial charge is 0.497 e. The Hall–Kier alpha value is -3.36. The third-order valence-electron chi connectivity index (χ3n) is 4.77. The standard InChI is InChI=1S/C19H23N5O4/c1-5-10(6-2)17-21-14(16(20)25)15-18(23-17)24(19(26)22-15)12-8-7-11(27-3)9-13(12)28-4/h7-10H,5-6H2,1-4H3,(H2,20,25)(H,22,26). The van der Waals surface area contributed by atoms with Crippen LogP contribution in [0.5, 0.6) is 11.5 Å². The van der Waals surface area contributed by atoms with E-state index in [0.717, 1.165) is 12.8 Å². The summed E-state index contributed by atoms with van der Waals surface area (Å²) >= 11 is 0. The Bertz CT molecular complexity index is 1080. The van der Waals surface area contributed by atoms with Crippen molar-refractivity contribution in [2.45, 2.75) is 32.6 Å². The summed E-state index contributed by atoms with van der Waals surface area (Å²) in [5.41, 5.74) is 5.98. The predicted molar refractivity (Wildman–Crippen MR) is 104 cm³/mol. The molecule has 0 radical (unpaired) electrons. The molecule has 3 rings (SSSR count). The molecular weight excluding hydrogens is 362 g/mol. The number of aromatic amines is 1. The first-order valence-electron chi connectivity index (χ1n) is 8.99. The Morgan fingerprint density at radius 3 is 2.50 bits per heavy atom. The van der Waals surface area contributed by atoms with Crippen molar-refractivity contribution in [3.63, 3.8) is 0 Å². The SMILES string of the molecule is CCC(CC)c1nc(C(N)=O)c2[nH]c(=O)n(-c3ccc(OC)cc3OC)c2n1. The van der Waals surface area contributed by atoms with Crippen LogP contribution in [0.1, 0.15) is 48.9 Å². The van der Waals surface area contributed by atoms with Crippen molar-refractivity contribution in [3.8, 4) is 17.2 Å². The highest BCUT2D eigenvalue weighted by atomic mass is 16.5. The second-order valence-corrected chi connectivity index (χ2v) is 6.31. The van der Waals surface area contributed by atoms with Crippen LogP contribution in [-0.2, 0) is 0 Å². The summed E-state index contributed by atoms with van der Waals surface area (Å²) in [6, 6.07) is 5.06. The van der Waals surface area contributed by atoms with Gasteiger partial charge >= 0.3 is 5.69 Å². The molecule has 0 aliphatic rings. The number of rotatable bonds is 7. The van der Waals surface area contributed by atoms with Crippen molar-refractivity contribution in [1.82, 2.24) is 19.5 Å². The van der Waals surface area contributed by atoms with Crippen molar-refractivity contribution in [1.29, 1.82) is 0 Å². The van der Waals surface area contributed by atoms with Crippen molar-refractivity contribution in [3.05, 3.63) is 40.2 Å². The zero-order valence-electron chi connectivity index (χ0n) is 16.3. The lowest BCUT2D eigenvalue weighted by Gasteiger charge is -2.14. The van der Waals surface area contributed by atoms with Gasteiger partial charge in [0.1, 0.15) is 22.8 Å². The molecule has 0 aliphatic heterocycles. The molecule has 2 aromatic heterocycles. The number of hydrogen-bond donors (Lipinski definition) is 2. The number of imidazole rings is 1. The molecule has 0 bridgehead atoms. The lowest BCUT2D eigenvalue weighted by molar-refractivity contribution is 0.0996. The number of benzene rings is 1. The minimum absolute atomic E-state index is 0.00442. The van der Waals surface area contributed by atoms with Crippen molar-refractivity contribution < 1.29 is 14.3 Å². The number of nitrogens with one attached hydrogen (secondary N) is 1. The maximum absolute atomic E-state index is 12.8. The number of ether oxygens (including phenoxy) is 2. The van der Waals surface area contributed by atoms with Gasteiger partial charge in [0, 0.05) is 12.0 Å². The number of carbonyl (C=O) groups is 1. The smallest absolute Gasteiger partial charge is 0.332 e. The molecule has 0 atom stereocenters. The minimum atomic E-state index is -0.727. The summed E-state index contributed by atoms with van der Waals surface area (Å²) < 4.78 is 12.0. The van der Waals surface area contributed by atoms with E-state index in [9.17, 15) is 9.59 Å². The topological polar surface area (TPSA) is 125 Å². The number of hydrogen-bond acceptors (Lipinski definition) is 6. The molecule has 9 nitrogen and oxygen atoms in total. The van der Waals surface area contributed by atoms with Gasteiger partial charge in [0.2, 0.25) is 0 Å². The van der Waals surface area contributed by atoms with Crippen LogP contribution >= 0.6 is 0 Å². The van der Waals surface area contributed by atoms with Crippen LogP contribution in [0.3, 0.4) is 0 Å². The van der Waals surface area contributed by atoms with E-state index in [-0.39, 0.29) is 22.8 Å². The zero-order valence-corrected chi connectivity index (χ0v) is 16.3. The van der Waals surface area contributed by atoms with Crippen LogP contribution in [0.25, 0.3) is 16.9 Å². The molecule has 0 saturated carbocycles. The minimum Gasteiger partial charge on any atom is -0.497 e. The molecule has 0 saturated heterocycles. The summed E-state index contributed by atoms with van der Waals surface area (Å²) in [6.07, 6.45) is 1.58. The molecule has 0 spiro atoms. The molecule has 3 aromatic rings. The van der Waals surface area contributed by atoms with Gasteiger partial charge in [-0.25, -0.2) is 19.3 Å². The monoisotopic (exact) mass is 385 g/mol. The van der Waals surface area contributed by atoms with E-state index in [2.05, 4.69) is 15.0 Å². The van der Waals surface area contributed by atoms with E-state index in [1.807, 2.05) is 13.8 Å². The molecule has 1 amide bonds. The number of fused-ring (bicyclic) bond motifs is 1. The maximum Gasteiger partial charge on any atom is 0.332 e. The van der Waals surface area contributed by atoms with E-state index in [1.165, 1.54) is 11.7 Å². The van der Waals surface area contributed by atoms with E-state index in [4.69, 9.17) is 15.2 Å². The summed E-state index contributed by atoms with van der Waals surface area (Å²) in [5.74, 6) is 0.796. The second kappa shape index (κ2) is 7.71. The van der Waals surface area contributed by atoms with Gasteiger partial charge in [0.05, 0.1) is 19.9 Å². The highest BCUT2D eigenvalue weighted by Gasteiger charge is 2.23. The van der Waals surface area contributed by atoms with E-state index in [1.54, 1.807) is 25.3 Å². The molecule has 0 unspecified atom stereocenters. The number of amides is 1. The van der Waals surface area contributed by atoms with E-state index in [0.29, 0.717) is 23.0 Å². The average molecular weight is 385 g/mol. The van der Waals surface area contributed by atoms with E-state index < -0.39 is 11.6 Å². The quantitative estimate of drug-likeness (QED) is 0.642. The molecule has 3 N–H and O–H groups in total. The summed E-state index contributed by atoms with van der Waals surface area (Å²) in [4.78, 5) is 36.3. The molecule has 0 aliphatic carbocycles. The number of carbonyl (C=O) groups excluding carboxylic acids is 1. The van der Waals surface area contributed by atoms with Gasteiger partial charge in [0.15, 0.2) is 11.3 Å². The lowest BCUT2D eigenvalue weighted by Crippen LogP contribution is -2.17. The fraction of sp³-hybridized carbons (Fsp3) is 0.368. The van der Waals surface area contributed by atoms with Crippen molar-refractivity contribution >= 4 is 17.1 Å². The molecule has 148 valence electrons. The number of methoxy groups -OCH3 is 2. The first kappa shape index (κ1) is 19.4. The van der Waals surface area contributed by atoms with Gasteiger partial charge in [-0.15, -0.1) is 0 Å². The highest BCUT2D eigenvalue weighted by molar-refractivity contribution is 6.01. The van der Waals surface area contributed by atoms with Gasteiger partial charge in [-0.05, 0) is 25.0 Å². The number of H-pyrrole nitrogens is 1. The second-order valence-electron chi connectivity index (χ2n) is 6.31. The number of aromatic nitrogens is 4. The molecule has 0 fully saturated rings. The average Bonchev–Trinajstić information content (AvgIpc) is 3.03. The maximum atomic E-state index is 12.8. The van der Waals surface area contributed by atoms with Crippen LogP contribution < -0.4 is 20.9 Å². The van der Waals surface area contributed by atoms with Gasteiger partial charge < -0.3 is 20.2 Å². The summed E-state index contributed by atoms with van der Waals surface area (Å²) in [5, 5.41) is 0. The normalized spacial score (nSPS) is 11.2. The number of nitrogens with two attached hydrogens (primary N) is 1. The Balaban J connectivity index is 2.37. The Morgan fingerprint density at radius 2 is 1.93 bits per heavy atom. The Morgan fingerprint density at radius 1 is 1.21 bits per heavy atom. The molecule has 2 heterocycles. The first-order chi connectivity index (χ1) is 13.4. The van der Waals surface area contributed by atoms with E-state index >= 15 is 0 Å². The molecule has 9 heteroatoms. The molecular formula is C19H23N5O4. The van der Waals surface area contributed by atoms with Crippen molar-refractivity contribution in [2.24, 2.45) is 5.73 Å². The lowest BCUT2D eigenvalue weighted by atomic mass is 10.0. The van der Waals surface area contributed by atoms with Crippen LogP contribution in [-0.4, -0.2) is 39.6 Å². The van der Waals surface area contributed by atoms with Gasteiger partial charge in [-0.2, -0.15) is 0 Å². The number of primary amides is 1. The fourth-order valence-corrected chi connectivity index (χ4v) is 3.21. The van der Waals surface area contributed by atoms with Crippen molar-refractivity contribution in [2.75, 3.05) is 14.2 Å². The Kier molecular flexibility index (Phi) is 5.34. The zero-order chi connectivity index (χ0) is 20.4. The van der Waals surface area contributed by atoms with Gasteiger partial charge in [0.25, 0.3) is 5.91 Å². The Labute approximate surface area is 161 Å². The third kappa shape index (κ3) is 3.19. The predicted octanol–water partition coefficient (Wildman–Crippen LogP) is 2.13. The summed E-state index contributed by atoms with van der Waals surface area (Å²) in [7, 11) is 3.04. The number of nitrogens with zero attached hydrogens (tertiary/aromatic N) is 3. The van der Waals surface area contributed by atoms with Crippen LogP contribution in [0.15, 0.2) is 23.0 Å². The van der Waals surface area contributed by atoms with Crippen LogP contribution in [0, 0.1) is 0 Å². The van der Waals surface area contributed by atoms with Gasteiger partial charge in [-0.3, -0.25) is 4.79 Å². The summed E-state index contributed by atoms with van der Waals surface area (Å²) in [6.45, 7) is 4.03. The van der Waals surface area contributed by atoms with Gasteiger partial charge in [-0.1, -0.05) is 13.8 Å². The first-order valence-corrected chi connectivity index (χ1v) is 8.99. The highest BCUT2D eigenvalue weighted by Crippen LogP contribution is 2.30. The third-order valence-corrected chi connectivity index (χ3v) is 4.77. The molecule has 28 heavy (non-hydrogen) atoms. The van der Waals surface area contributed by atoms with Crippen LogP contribution in [0.4, 0.5) is 0 Å². The van der Waals surface area contributed by atoms with Crippen LogP contribution in [0.2, 0.25) is 0 Å².